The van der Waals surface area contributed by atoms with Crippen LogP contribution in [0.5, 0.6) is 0 Å². The molecular weight excluding hydrogens is 340 g/mol. The molecular formula is C19H18O5S. The van der Waals surface area contributed by atoms with Crippen molar-refractivity contribution in [3.63, 3.8) is 0 Å². The summed E-state index contributed by atoms with van der Waals surface area (Å²) in [5.41, 5.74) is 1.41. The molecule has 0 aliphatic carbocycles. The molecule has 0 fully saturated rings. The predicted molar refractivity (Wildman–Crippen MR) is 97.9 cm³/mol. The maximum Gasteiger partial charge on any atom is 0.335 e. The van der Waals surface area contributed by atoms with Crippen LogP contribution >= 0.6 is 0 Å². The predicted octanol–water partition coefficient (Wildman–Crippen LogP) is 3.72. The summed E-state index contributed by atoms with van der Waals surface area (Å²) >= 11 is 0. The Labute approximate surface area is 146 Å². The highest BCUT2D eigenvalue weighted by molar-refractivity contribution is 7.85. The fourth-order valence-corrected chi connectivity index (χ4v) is 3.74. The molecule has 3 rings (SSSR count). The van der Waals surface area contributed by atoms with Crippen molar-refractivity contribution in [2.75, 3.05) is 5.75 Å². The average molecular weight is 358 g/mol. The van der Waals surface area contributed by atoms with E-state index in [1.54, 1.807) is 6.07 Å². The smallest absolute Gasteiger partial charge is 0.335 e. The van der Waals surface area contributed by atoms with Crippen molar-refractivity contribution < 1.29 is 18.5 Å². The fourth-order valence-electron chi connectivity index (χ4n) is 2.89. The van der Waals surface area contributed by atoms with Crippen LogP contribution in [-0.2, 0) is 17.2 Å². The highest BCUT2D eigenvalue weighted by atomic mass is 32.2. The van der Waals surface area contributed by atoms with Gasteiger partial charge in [-0.05, 0) is 42.3 Å². The van der Waals surface area contributed by atoms with E-state index in [0.717, 1.165) is 12.0 Å². The molecule has 0 saturated carbocycles. The lowest BCUT2D eigenvalue weighted by Crippen LogP contribution is -2.07. The van der Waals surface area contributed by atoms with Gasteiger partial charge in [-0.2, -0.15) is 0 Å². The van der Waals surface area contributed by atoms with Crippen LogP contribution in [0, 0.1) is 0 Å². The van der Waals surface area contributed by atoms with E-state index in [4.69, 9.17) is 9.52 Å². The molecule has 0 spiro atoms. The number of carbonyl (C=O) groups is 1. The number of hydrogen-bond acceptors (Lipinski definition) is 4. The van der Waals surface area contributed by atoms with Gasteiger partial charge in [-0.1, -0.05) is 20.3 Å². The molecule has 0 aliphatic heterocycles. The number of hydrogen-bond donors (Lipinski definition) is 1. The van der Waals surface area contributed by atoms with Crippen LogP contribution in [0.3, 0.4) is 0 Å². The molecule has 0 aliphatic rings. The number of aromatic carboxylic acids is 1. The Kier molecular flexibility index (Phi) is 4.72. The Balaban J connectivity index is 2.41. The van der Waals surface area contributed by atoms with Gasteiger partial charge in [-0.25, -0.2) is 4.79 Å². The van der Waals surface area contributed by atoms with E-state index in [-0.39, 0.29) is 16.4 Å². The van der Waals surface area contributed by atoms with Gasteiger partial charge in [-0.3, -0.25) is 9.00 Å². The summed E-state index contributed by atoms with van der Waals surface area (Å²) in [4.78, 5) is 24.7. The van der Waals surface area contributed by atoms with Gasteiger partial charge in [0.1, 0.15) is 11.2 Å². The zero-order valence-electron chi connectivity index (χ0n) is 14.0. The zero-order chi connectivity index (χ0) is 18.1. The lowest BCUT2D eigenvalue weighted by Gasteiger charge is -2.09. The van der Waals surface area contributed by atoms with Crippen molar-refractivity contribution in [2.24, 2.45) is 0 Å². The van der Waals surface area contributed by atoms with Gasteiger partial charge in [0, 0.05) is 10.6 Å². The molecule has 5 nitrogen and oxygen atoms in total. The summed E-state index contributed by atoms with van der Waals surface area (Å²) in [6.45, 7) is 3.84. The summed E-state index contributed by atoms with van der Waals surface area (Å²) in [5, 5.41) is 9.70. The molecule has 130 valence electrons. The van der Waals surface area contributed by atoms with Crippen molar-refractivity contribution in [1.82, 2.24) is 0 Å². The SMILES string of the molecule is CCCc1cc(S(=O)CC)cc2c(=O)c3cc(C(=O)O)ccc3oc12. The van der Waals surface area contributed by atoms with Crippen LogP contribution in [0.15, 0.2) is 44.4 Å². The van der Waals surface area contributed by atoms with Gasteiger partial charge < -0.3 is 9.52 Å². The first-order valence-electron chi connectivity index (χ1n) is 8.11. The molecule has 1 N–H and O–H groups in total. The minimum atomic E-state index is -1.19. The molecule has 0 radical (unpaired) electrons. The first-order valence-corrected chi connectivity index (χ1v) is 9.43. The Morgan fingerprint density at radius 3 is 2.56 bits per heavy atom. The Bertz CT molecular complexity index is 1060. The second-order valence-electron chi connectivity index (χ2n) is 5.79. The van der Waals surface area contributed by atoms with Gasteiger partial charge >= 0.3 is 5.97 Å². The number of benzene rings is 2. The molecule has 1 unspecified atom stereocenters. The average Bonchev–Trinajstić information content (AvgIpc) is 2.61. The number of fused-ring (bicyclic) bond motifs is 2. The van der Waals surface area contributed by atoms with Gasteiger partial charge in [0.25, 0.3) is 0 Å². The largest absolute Gasteiger partial charge is 0.478 e. The Morgan fingerprint density at radius 1 is 1.16 bits per heavy atom. The van der Waals surface area contributed by atoms with Crippen LogP contribution < -0.4 is 5.43 Å². The van der Waals surface area contributed by atoms with E-state index < -0.39 is 16.8 Å². The fraction of sp³-hybridized carbons (Fsp3) is 0.263. The van der Waals surface area contributed by atoms with E-state index in [9.17, 15) is 13.8 Å². The van der Waals surface area contributed by atoms with Crippen molar-refractivity contribution >= 4 is 38.7 Å². The highest BCUT2D eigenvalue weighted by Crippen LogP contribution is 2.26. The summed E-state index contributed by atoms with van der Waals surface area (Å²) in [6, 6.07) is 7.69. The Morgan fingerprint density at radius 2 is 1.92 bits per heavy atom. The number of carboxylic acids is 1. The molecule has 0 saturated heterocycles. The number of aryl methyl sites for hydroxylation is 1. The van der Waals surface area contributed by atoms with Crippen LogP contribution in [0.4, 0.5) is 0 Å². The molecule has 1 aromatic heterocycles. The highest BCUT2D eigenvalue weighted by Gasteiger charge is 2.16. The van der Waals surface area contributed by atoms with Gasteiger partial charge in [-0.15, -0.1) is 0 Å². The second-order valence-corrected chi connectivity index (χ2v) is 7.53. The van der Waals surface area contributed by atoms with Crippen molar-refractivity contribution in [3.8, 4) is 0 Å². The molecule has 2 aromatic carbocycles. The third-order valence-electron chi connectivity index (χ3n) is 4.11. The third kappa shape index (κ3) is 3.09. The van der Waals surface area contributed by atoms with E-state index in [1.807, 2.05) is 19.9 Å². The number of rotatable bonds is 5. The topological polar surface area (TPSA) is 84.6 Å². The van der Waals surface area contributed by atoms with E-state index in [0.29, 0.717) is 33.6 Å². The molecule has 25 heavy (non-hydrogen) atoms. The van der Waals surface area contributed by atoms with Gasteiger partial charge in [0.15, 0.2) is 0 Å². The van der Waals surface area contributed by atoms with Gasteiger partial charge in [0.2, 0.25) is 5.43 Å². The molecule has 3 aromatic rings. The monoisotopic (exact) mass is 358 g/mol. The van der Waals surface area contributed by atoms with Crippen LogP contribution in [0.1, 0.15) is 36.2 Å². The standard InChI is InChI=1S/C19H18O5S/c1-3-5-11-8-13(25(23)4-2)10-15-17(20)14-9-12(19(21)22)6-7-16(14)24-18(11)15/h6-10H,3-5H2,1-2H3,(H,21,22). The van der Waals surface area contributed by atoms with E-state index in [1.165, 1.54) is 18.2 Å². The van der Waals surface area contributed by atoms with Crippen molar-refractivity contribution in [3.05, 3.63) is 51.7 Å². The first-order chi connectivity index (χ1) is 12.0. The Hall–Kier alpha value is -2.47. The van der Waals surface area contributed by atoms with E-state index in [2.05, 4.69) is 0 Å². The van der Waals surface area contributed by atoms with Crippen LogP contribution in [0.2, 0.25) is 0 Å². The zero-order valence-corrected chi connectivity index (χ0v) is 14.8. The van der Waals surface area contributed by atoms with Gasteiger partial charge in [0.05, 0.1) is 27.1 Å². The normalized spacial score (nSPS) is 12.6. The van der Waals surface area contributed by atoms with Crippen LogP contribution in [-0.4, -0.2) is 21.0 Å². The lowest BCUT2D eigenvalue weighted by atomic mass is 10.0. The maximum absolute atomic E-state index is 12.9. The molecule has 0 amide bonds. The molecule has 6 heteroatoms. The van der Waals surface area contributed by atoms with E-state index >= 15 is 0 Å². The summed E-state index contributed by atoms with van der Waals surface area (Å²) in [7, 11) is -1.19. The molecule has 0 bridgehead atoms. The summed E-state index contributed by atoms with van der Waals surface area (Å²) in [6.07, 6.45) is 1.56. The minimum absolute atomic E-state index is 0.0289. The summed E-state index contributed by atoms with van der Waals surface area (Å²) in [5.74, 6) is -0.645. The third-order valence-corrected chi connectivity index (χ3v) is 5.40. The summed E-state index contributed by atoms with van der Waals surface area (Å²) < 4.78 is 18.2. The minimum Gasteiger partial charge on any atom is -0.478 e. The first kappa shape index (κ1) is 17.4. The molecule has 1 heterocycles. The quantitative estimate of drug-likeness (QED) is 0.703. The maximum atomic E-state index is 12.9. The molecule has 1 atom stereocenters. The lowest BCUT2D eigenvalue weighted by molar-refractivity contribution is 0.0697. The van der Waals surface area contributed by atoms with Crippen molar-refractivity contribution in [2.45, 2.75) is 31.6 Å². The second kappa shape index (κ2) is 6.80. The number of carboxylic acid groups (broad SMARTS) is 1. The van der Waals surface area contributed by atoms with Crippen LogP contribution in [0.25, 0.3) is 21.9 Å². The van der Waals surface area contributed by atoms with Crippen molar-refractivity contribution in [1.29, 1.82) is 0 Å².